The van der Waals surface area contributed by atoms with Crippen molar-refractivity contribution in [2.24, 2.45) is 17.8 Å². The summed E-state index contributed by atoms with van der Waals surface area (Å²) in [6.07, 6.45) is 4.24. The molecule has 1 saturated heterocycles. The van der Waals surface area contributed by atoms with Gasteiger partial charge < -0.3 is 10.1 Å². The molecule has 1 heterocycles. The smallest absolute Gasteiger partial charge is 0.0465 e. The van der Waals surface area contributed by atoms with Gasteiger partial charge in [0.2, 0.25) is 0 Å². The third-order valence-corrected chi connectivity index (χ3v) is 3.30. The molecule has 70 valence electrons. The molecule has 2 nitrogen and oxygen atoms in total. The molecule has 1 aliphatic carbocycles. The molecule has 1 atom stereocenters. The van der Waals surface area contributed by atoms with Crippen LogP contribution in [0.3, 0.4) is 0 Å². The minimum absolute atomic E-state index is 0.956. The Morgan fingerprint density at radius 2 is 2.08 bits per heavy atom. The molecule has 0 aromatic heterocycles. The molecule has 12 heavy (non-hydrogen) atoms. The quantitative estimate of drug-likeness (QED) is 0.669. The van der Waals surface area contributed by atoms with E-state index in [9.17, 15) is 0 Å². The van der Waals surface area contributed by atoms with Gasteiger partial charge in [-0.3, -0.25) is 0 Å². The van der Waals surface area contributed by atoms with Crippen molar-refractivity contribution in [3.8, 4) is 0 Å². The monoisotopic (exact) mass is 169 g/mol. The zero-order chi connectivity index (χ0) is 8.39. The minimum Gasteiger partial charge on any atom is -0.385 e. The average molecular weight is 169 g/mol. The van der Waals surface area contributed by atoms with Crippen LogP contribution in [0, 0.1) is 17.8 Å². The predicted molar refractivity (Wildman–Crippen MR) is 49.1 cm³/mol. The molecular formula is C10H19NO. The van der Waals surface area contributed by atoms with Gasteiger partial charge in [0.25, 0.3) is 0 Å². The van der Waals surface area contributed by atoms with Crippen molar-refractivity contribution in [2.45, 2.75) is 19.3 Å². The summed E-state index contributed by atoms with van der Waals surface area (Å²) in [4.78, 5) is 0. The number of ether oxygens (including phenoxy) is 1. The van der Waals surface area contributed by atoms with Gasteiger partial charge >= 0.3 is 0 Å². The molecule has 1 aliphatic heterocycles. The first-order valence-corrected chi connectivity index (χ1v) is 5.11. The molecule has 0 aromatic rings. The van der Waals surface area contributed by atoms with Crippen molar-refractivity contribution >= 4 is 0 Å². The lowest BCUT2D eigenvalue weighted by Crippen LogP contribution is -2.47. The molecule has 0 aromatic carbocycles. The molecule has 1 saturated carbocycles. The van der Waals surface area contributed by atoms with Crippen LogP contribution >= 0.6 is 0 Å². The first-order chi connectivity index (χ1) is 5.92. The Hall–Kier alpha value is -0.0800. The molecule has 0 amide bonds. The van der Waals surface area contributed by atoms with E-state index in [0.29, 0.717) is 0 Å². The third-order valence-electron chi connectivity index (χ3n) is 3.30. The van der Waals surface area contributed by atoms with E-state index >= 15 is 0 Å². The largest absolute Gasteiger partial charge is 0.385 e. The Labute approximate surface area is 74.7 Å². The zero-order valence-electron chi connectivity index (χ0n) is 7.88. The molecule has 1 unspecified atom stereocenters. The number of hydrogen-bond acceptors (Lipinski definition) is 2. The lowest BCUT2D eigenvalue weighted by Gasteiger charge is -2.35. The topological polar surface area (TPSA) is 21.3 Å². The molecule has 1 N–H and O–H groups in total. The zero-order valence-corrected chi connectivity index (χ0v) is 7.88. The van der Waals surface area contributed by atoms with Crippen LogP contribution in [-0.2, 0) is 4.74 Å². The molecule has 0 spiro atoms. The van der Waals surface area contributed by atoms with Gasteiger partial charge in [0.05, 0.1) is 0 Å². The van der Waals surface area contributed by atoms with Crippen LogP contribution in [0.25, 0.3) is 0 Å². The maximum Gasteiger partial charge on any atom is 0.0465 e. The minimum atomic E-state index is 0.956. The van der Waals surface area contributed by atoms with Crippen molar-refractivity contribution in [1.29, 1.82) is 0 Å². The van der Waals surface area contributed by atoms with E-state index in [1.807, 2.05) is 7.11 Å². The summed E-state index contributed by atoms with van der Waals surface area (Å²) < 4.78 is 5.15. The van der Waals surface area contributed by atoms with E-state index in [1.54, 1.807) is 0 Å². The Morgan fingerprint density at radius 1 is 1.33 bits per heavy atom. The van der Waals surface area contributed by atoms with Crippen LogP contribution in [0.1, 0.15) is 19.3 Å². The van der Waals surface area contributed by atoms with Crippen LogP contribution in [0.4, 0.5) is 0 Å². The lowest BCUT2D eigenvalue weighted by atomic mass is 9.82. The number of hydrogen-bond donors (Lipinski definition) is 1. The molecule has 2 aliphatic rings. The highest BCUT2D eigenvalue weighted by atomic mass is 16.5. The van der Waals surface area contributed by atoms with Crippen molar-refractivity contribution < 1.29 is 4.74 Å². The van der Waals surface area contributed by atoms with Crippen molar-refractivity contribution in [3.05, 3.63) is 0 Å². The molecular weight excluding hydrogens is 150 g/mol. The highest BCUT2D eigenvalue weighted by Crippen LogP contribution is 2.43. The molecule has 2 fully saturated rings. The summed E-state index contributed by atoms with van der Waals surface area (Å²) >= 11 is 0. The van der Waals surface area contributed by atoms with Gasteiger partial charge in [-0.2, -0.15) is 0 Å². The fourth-order valence-electron chi connectivity index (χ4n) is 2.25. The van der Waals surface area contributed by atoms with Crippen LogP contribution in [0.2, 0.25) is 0 Å². The van der Waals surface area contributed by atoms with Gasteiger partial charge in [-0.1, -0.05) is 0 Å². The van der Waals surface area contributed by atoms with Gasteiger partial charge in [0.15, 0.2) is 0 Å². The van der Waals surface area contributed by atoms with Crippen LogP contribution in [0.5, 0.6) is 0 Å². The Bertz CT molecular complexity index is 141. The van der Waals surface area contributed by atoms with Gasteiger partial charge in [0.1, 0.15) is 0 Å². The first kappa shape index (κ1) is 8.52. The maximum absolute atomic E-state index is 5.15. The fraction of sp³-hybridized carbons (Fsp3) is 1.00. The maximum atomic E-state index is 5.15. The highest BCUT2D eigenvalue weighted by molar-refractivity contribution is 4.90. The number of nitrogens with one attached hydrogen (secondary N) is 1. The van der Waals surface area contributed by atoms with E-state index in [0.717, 1.165) is 24.4 Å². The standard InChI is InChI=1S/C10H19NO/c1-12-5-4-10(8-2-3-8)9-6-11-7-9/h8-11H,2-7H2,1H3. The Kier molecular flexibility index (Phi) is 2.66. The van der Waals surface area contributed by atoms with Crippen molar-refractivity contribution in [1.82, 2.24) is 5.32 Å². The van der Waals surface area contributed by atoms with Gasteiger partial charge in [-0.25, -0.2) is 0 Å². The summed E-state index contributed by atoms with van der Waals surface area (Å²) in [7, 11) is 1.81. The van der Waals surface area contributed by atoms with E-state index in [-0.39, 0.29) is 0 Å². The van der Waals surface area contributed by atoms with E-state index in [4.69, 9.17) is 4.74 Å². The van der Waals surface area contributed by atoms with E-state index in [1.165, 1.54) is 32.4 Å². The van der Waals surface area contributed by atoms with Crippen molar-refractivity contribution in [3.63, 3.8) is 0 Å². The predicted octanol–water partition coefficient (Wildman–Crippen LogP) is 1.27. The molecule has 2 heteroatoms. The lowest BCUT2D eigenvalue weighted by molar-refractivity contribution is 0.130. The van der Waals surface area contributed by atoms with Gasteiger partial charge in [-0.05, 0) is 50.1 Å². The second-order valence-corrected chi connectivity index (χ2v) is 4.20. The van der Waals surface area contributed by atoms with Crippen LogP contribution in [-0.4, -0.2) is 26.8 Å². The molecule has 2 rings (SSSR count). The van der Waals surface area contributed by atoms with Crippen LogP contribution < -0.4 is 5.32 Å². The first-order valence-electron chi connectivity index (χ1n) is 5.11. The van der Waals surface area contributed by atoms with E-state index in [2.05, 4.69) is 5.32 Å². The second kappa shape index (κ2) is 3.75. The summed E-state index contributed by atoms with van der Waals surface area (Å²) in [5, 5.41) is 3.36. The highest BCUT2D eigenvalue weighted by Gasteiger charge is 2.38. The summed E-state index contributed by atoms with van der Waals surface area (Å²) in [6.45, 7) is 3.47. The molecule has 0 radical (unpaired) electrons. The number of methoxy groups -OCH3 is 1. The fourth-order valence-corrected chi connectivity index (χ4v) is 2.25. The molecule has 0 bridgehead atoms. The number of rotatable bonds is 5. The Balaban J connectivity index is 1.75. The summed E-state index contributed by atoms with van der Waals surface area (Å²) in [6, 6.07) is 0. The SMILES string of the molecule is COCCC(C1CC1)C1CNC1. The third kappa shape index (κ3) is 1.80. The van der Waals surface area contributed by atoms with Gasteiger partial charge in [0, 0.05) is 13.7 Å². The van der Waals surface area contributed by atoms with Crippen LogP contribution in [0.15, 0.2) is 0 Å². The van der Waals surface area contributed by atoms with E-state index < -0.39 is 0 Å². The van der Waals surface area contributed by atoms with Gasteiger partial charge in [-0.15, -0.1) is 0 Å². The summed E-state index contributed by atoms with van der Waals surface area (Å²) in [5.74, 6) is 2.98. The Morgan fingerprint density at radius 3 is 2.50 bits per heavy atom. The summed E-state index contributed by atoms with van der Waals surface area (Å²) in [5.41, 5.74) is 0. The second-order valence-electron chi connectivity index (χ2n) is 4.20. The normalized spacial score (nSPS) is 26.8. The average Bonchev–Trinajstić information content (AvgIpc) is 2.75. The van der Waals surface area contributed by atoms with Crippen molar-refractivity contribution in [2.75, 3.05) is 26.8 Å².